The Morgan fingerprint density at radius 2 is 2.00 bits per heavy atom. The van der Waals surface area contributed by atoms with E-state index < -0.39 is 6.10 Å². The third-order valence-electron chi connectivity index (χ3n) is 3.00. The maximum atomic E-state index is 9.85. The van der Waals surface area contributed by atoms with E-state index >= 15 is 0 Å². The van der Waals surface area contributed by atoms with Crippen LogP contribution in [0.3, 0.4) is 0 Å². The van der Waals surface area contributed by atoms with Crippen LogP contribution in [0.25, 0.3) is 0 Å². The number of aliphatic hydroxyl groups excluding tert-OH is 1. The summed E-state index contributed by atoms with van der Waals surface area (Å²) in [7, 11) is 0. The highest BCUT2D eigenvalue weighted by molar-refractivity contribution is 6.30. The van der Waals surface area contributed by atoms with Crippen LogP contribution in [0.5, 0.6) is 0 Å². The Balaban J connectivity index is 2.16. The predicted molar refractivity (Wildman–Crippen MR) is 85.8 cm³/mol. The predicted octanol–water partition coefficient (Wildman–Crippen LogP) is 2.79. The molecule has 0 fully saturated rings. The molecule has 120 valence electrons. The quantitative estimate of drug-likeness (QED) is 0.652. The lowest BCUT2D eigenvalue weighted by molar-refractivity contribution is -0.0104. The molecule has 0 saturated carbocycles. The van der Waals surface area contributed by atoms with Crippen LogP contribution in [0, 0.1) is 0 Å². The molecule has 0 aliphatic carbocycles. The van der Waals surface area contributed by atoms with Gasteiger partial charge in [0.05, 0.1) is 32.0 Å². The first-order chi connectivity index (χ1) is 9.99. The summed E-state index contributed by atoms with van der Waals surface area (Å²) in [6.07, 6.45) is -0.329. The summed E-state index contributed by atoms with van der Waals surface area (Å²) in [5.74, 6) is 0. The first kappa shape index (κ1) is 18.4. The molecule has 0 aromatic heterocycles. The summed E-state index contributed by atoms with van der Waals surface area (Å²) in [6, 6.07) is 7.83. The van der Waals surface area contributed by atoms with Crippen LogP contribution in [-0.2, 0) is 9.47 Å². The molecule has 2 unspecified atom stereocenters. The standard InChI is InChI=1S/C16H26ClNO3/c1-12(2)21-8-7-20-11-16(19)10-18-13(3)14-5-4-6-15(17)9-14/h4-6,9,12-13,16,18-19H,7-8,10-11H2,1-3H3. The summed E-state index contributed by atoms with van der Waals surface area (Å²) in [5, 5.41) is 13.8. The number of hydrogen-bond acceptors (Lipinski definition) is 4. The van der Waals surface area contributed by atoms with Crippen LogP contribution in [0.1, 0.15) is 32.4 Å². The number of hydrogen-bond donors (Lipinski definition) is 2. The zero-order chi connectivity index (χ0) is 15.7. The summed E-state index contributed by atoms with van der Waals surface area (Å²) in [4.78, 5) is 0. The molecule has 0 aliphatic rings. The largest absolute Gasteiger partial charge is 0.389 e. The van der Waals surface area contributed by atoms with Gasteiger partial charge < -0.3 is 19.9 Å². The van der Waals surface area contributed by atoms with Crippen molar-refractivity contribution < 1.29 is 14.6 Å². The van der Waals surface area contributed by atoms with Gasteiger partial charge in [0.25, 0.3) is 0 Å². The van der Waals surface area contributed by atoms with Crippen molar-refractivity contribution in [1.82, 2.24) is 5.32 Å². The molecule has 0 radical (unpaired) electrons. The molecule has 4 nitrogen and oxygen atoms in total. The second-order valence-electron chi connectivity index (χ2n) is 5.33. The highest BCUT2D eigenvalue weighted by Gasteiger charge is 2.09. The SMILES string of the molecule is CC(C)OCCOCC(O)CNC(C)c1cccc(Cl)c1. The fourth-order valence-electron chi connectivity index (χ4n) is 1.83. The molecule has 0 heterocycles. The van der Waals surface area contributed by atoms with E-state index in [1.807, 2.05) is 45.0 Å². The van der Waals surface area contributed by atoms with Crippen molar-refractivity contribution in [3.63, 3.8) is 0 Å². The Labute approximate surface area is 132 Å². The van der Waals surface area contributed by atoms with Crippen molar-refractivity contribution in [3.05, 3.63) is 34.9 Å². The minimum atomic E-state index is -0.536. The minimum absolute atomic E-state index is 0.127. The van der Waals surface area contributed by atoms with Gasteiger partial charge in [-0.15, -0.1) is 0 Å². The van der Waals surface area contributed by atoms with Crippen molar-refractivity contribution in [2.24, 2.45) is 0 Å². The lowest BCUT2D eigenvalue weighted by Gasteiger charge is -2.18. The third-order valence-corrected chi connectivity index (χ3v) is 3.23. The molecular formula is C16H26ClNO3. The number of nitrogens with one attached hydrogen (secondary N) is 1. The fourth-order valence-corrected chi connectivity index (χ4v) is 2.03. The molecule has 0 amide bonds. The maximum absolute atomic E-state index is 9.85. The van der Waals surface area contributed by atoms with Crippen LogP contribution in [0.4, 0.5) is 0 Å². The van der Waals surface area contributed by atoms with Crippen molar-refractivity contribution in [3.8, 4) is 0 Å². The van der Waals surface area contributed by atoms with Crippen LogP contribution in [0.15, 0.2) is 24.3 Å². The lowest BCUT2D eigenvalue weighted by atomic mass is 10.1. The van der Waals surface area contributed by atoms with Crippen LogP contribution >= 0.6 is 11.6 Å². The molecule has 0 bridgehead atoms. The maximum Gasteiger partial charge on any atom is 0.0897 e. The average molecular weight is 316 g/mol. The van der Waals surface area contributed by atoms with E-state index in [2.05, 4.69) is 5.32 Å². The number of benzene rings is 1. The fraction of sp³-hybridized carbons (Fsp3) is 0.625. The van der Waals surface area contributed by atoms with Crippen LogP contribution in [0.2, 0.25) is 5.02 Å². The van der Waals surface area contributed by atoms with Gasteiger partial charge in [0.15, 0.2) is 0 Å². The molecular weight excluding hydrogens is 290 g/mol. The summed E-state index contributed by atoms with van der Waals surface area (Å²) in [5.41, 5.74) is 1.10. The molecule has 2 N–H and O–H groups in total. The van der Waals surface area contributed by atoms with Gasteiger partial charge >= 0.3 is 0 Å². The second kappa shape index (κ2) is 10.1. The molecule has 21 heavy (non-hydrogen) atoms. The van der Waals surface area contributed by atoms with E-state index in [0.717, 1.165) is 10.6 Å². The van der Waals surface area contributed by atoms with E-state index in [-0.39, 0.29) is 12.1 Å². The monoisotopic (exact) mass is 315 g/mol. The third kappa shape index (κ3) is 8.39. The Morgan fingerprint density at radius 3 is 2.67 bits per heavy atom. The first-order valence-corrected chi connectivity index (χ1v) is 7.73. The smallest absolute Gasteiger partial charge is 0.0897 e. The Bertz CT molecular complexity index is 401. The minimum Gasteiger partial charge on any atom is -0.389 e. The van der Waals surface area contributed by atoms with E-state index in [1.165, 1.54) is 0 Å². The Morgan fingerprint density at radius 1 is 1.24 bits per heavy atom. The van der Waals surface area contributed by atoms with Crippen molar-refractivity contribution in [1.29, 1.82) is 0 Å². The molecule has 5 heteroatoms. The zero-order valence-corrected chi connectivity index (χ0v) is 13.8. The molecule has 1 rings (SSSR count). The molecule has 0 saturated heterocycles. The van der Waals surface area contributed by atoms with Gasteiger partial charge in [-0.3, -0.25) is 0 Å². The van der Waals surface area contributed by atoms with Crippen molar-refractivity contribution in [2.45, 2.75) is 39.0 Å². The van der Waals surface area contributed by atoms with Crippen molar-refractivity contribution in [2.75, 3.05) is 26.4 Å². The number of aliphatic hydroxyl groups is 1. The molecule has 0 aliphatic heterocycles. The lowest BCUT2D eigenvalue weighted by Crippen LogP contribution is -2.32. The van der Waals surface area contributed by atoms with Crippen LogP contribution in [-0.4, -0.2) is 43.7 Å². The van der Waals surface area contributed by atoms with Gasteiger partial charge in [0, 0.05) is 17.6 Å². The Hall–Kier alpha value is -0.650. The van der Waals surface area contributed by atoms with E-state index in [4.69, 9.17) is 21.1 Å². The van der Waals surface area contributed by atoms with Gasteiger partial charge in [-0.05, 0) is 38.5 Å². The summed E-state index contributed by atoms with van der Waals surface area (Å²) in [6.45, 7) is 7.83. The Kier molecular flexibility index (Phi) is 8.88. The van der Waals surface area contributed by atoms with Crippen LogP contribution < -0.4 is 5.32 Å². The molecule has 1 aromatic carbocycles. The average Bonchev–Trinajstić information content (AvgIpc) is 2.44. The van der Waals surface area contributed by atoms with Crippen molar-refractivity contribution >= 4 is 11.6 Å². The summed E-state index contributed by atoms with van der Waals surface area (Å²) >= 11 is 5.96. The highest BCUT2D eigenvalue weighted by Crippen LogP contribution is 2.17. The molecule has 2 atom stereocenters. The number of halogens is 1. The van der Waals surface area contributed by atoms with E-state index in [1.54, 1.807) is 0 Å². The highest BCUT2D eigenvalue weighted by atomic mass is 35.5. The van der Waals surface area contributed by atoms with Gasteiger partial charge in [-0.1, -0.05) is 23.7 Å². The molecule has 0 spiro atoms. The van der Waals surface area contributed by atoms with Gasteiger partial charge in [-0.25, -0.2) is 0 Å². The summed E-state index contributed by atoms with van der Waals surface area (Å²) < 4.78 is 10.7. The normalized spacial score (nSPS) is 14.4. The molecule has 1 aromatic rings. The van der Waals surface area contributed by atoms with Gasteiger partial charge in [-0.2, -0.15) is 0 Å². The topological polar surface area (TPSA) is 50.7 Å². The van der Waals surface area contributed by atoms with Gasteiger partial charge in [0.2, 0.25) is 0 Å². The number of rotatable bonds is 10. The van der Waals surface area contributed by atoms with Gasteiger partial charge in [0.1, 0.15) is 0 Å². The first-order valence-electron chi connectivity index (χ1n) is 7.35. The van der Waals surface area contributed by atoms with E-state index in [9.17, 15) is 5.11 Å². The second-order valence-corrected chi connectivity index (χ2v) is 5.77. The number of ether oxygens (including phenoxy) is 2. The zero-order valence-electron chi connectivity index (χ0n) is 13.0. The van der Waals surface area contributed by atoms with E-state index in [0.29, 0.717) is 26.4 Å².